The second kappa shape index (κ2) is 7.78. The molecule has 0 fully saturated rings. The molecular weight excluding hydrogens is 460 g/mol. The number of thiophene rings is 1. The van der Waals surface area contributed by atoms with E-state index in [1.54, 1.807) is 11.3 Å². The van der Waals surface area contributed by atoms with E-state index in [0.717, 1.165) is 59.8 Å². The van der Waals surface area contributed by atoms with E-state index >= 15 is 0 Å². The lowest BCUT2D eigenvalue weighted by Crippen LogP contribution is -2.30. The molecule has 170 valence electrons. The summed E-state index contributed by atoms with van der Waals surface area (Å²) in [6.07, 6.45) is 2.07. The standard InChI is InChI=1S/C32H21N2OS/c1-19-13-15-23-22-9-6-8-21(31(22)35-32(23)29(19)26-11-4-5-17-34(26)3)20-14-16-27-24(18-20)30-25(33-2)10-7-12-28(30)36-27/h4-18H,1,3H3/q+1. The Hall–Kier alpha value is -4.46. The lowest BCUT2D eigenvalue weighted by atomic mass is 9.98. The number of hydrogen-bond acceptors (Lipinski definition) is 2. The number of benzene rings is 4. The van der Waals surface area contributed by atoms with Crippen molar-refractivity contribution >= 4 is 59.1 Å². The highest BCUT2D eigenvalue weighted by molar-refractivity contribution is 7.26. The van der Waals surface area contributed by atoms with Gasteiger partial charge in [-0.1, -0.05) is 48.5 Å². The van der Waals surface area contributed by atoms with Gasteiger partial charge in [-0.3, -0.25) is 0 Å². The van der Waals surface area contributed by atoms with Crippen LogP contribution in [0.4, 0.5) is 5.69 Å². The van der Waals surface area contributed by atoms with Crippen molar-refractivity contribution in [3.8, 4) is 22.4 Å². The van der Waals surface area contributed by atoms with Crippen LogP contribution in [0.2, 0.25) is 0 Å². The smallest absolute Gasteiger partial charge is 0.216 e. The maximum atomic E-state index is 7.66. The minimum absolute atomic E-state index is 0.702. The van der Waals surface area contributed by atoms with Crippen LogP contribution in [0.1, 0.15) is 5.56 Å². The maximum Gasteiger partial charge on any atom is 0.216 e. The lowest BCUT2D eigenvalue weighted by Gasteiger charge is -2.05. The number of para-hydroxylation sites is 1. The number of fused-ring (bicyclic) bond motifs is 6. The number of rotatable bonds is 2. The van der Waals surface area contributed by atoms with Gasteiger partial charge in [-0.2, -0.15) is 0 Å². The molecule has 0 saturated carbocycles. The molecule has 0 aliphatic heterocycles. The molecule has 4 heteroatoms. The monoisotopic (exact) mass is 481 g/mol. The molecule has 0 bridgehead atoms. The molecule has 0 N–H and O–H groups in total. The Morgan fingerprint density at radius 1 is 0.806 bits per heavy atom. The van der Waals surface area contributed by atoms with E-state index in [0.29, 0.717) is 5.69 Å². The molecule has 0 aliphatic rings. The maximum absolute atomic E-state index is 7.66. The van der Waals surface area contributed by atoms with Gasteiger partial charge in [-0.15, -0.1) is 11.3 Å². The minimum Gasteiger partial charge on any atom is -0.454 e. The number of pyridine rings is 1. The topological polar surface area (TPSA) is 21.4 Å². The summed E-state index contributed by atoms with van der Waals surface area (Å²) in [7, 11) is 2.07. The van der Waals surface area contributed by atoms with Gasteiger partial charge in [-0.25, -0.2) is 9.41 Å². The highest BCUT2D eigenvalue weighted by Crippen LogP contribution is 2.44. The Morgan fingerprint density at radius 3 is 2.53 bits per heavy atom. The summed E-state index contributed by atoms with van der Waals surface area (Å²) in [4.78, 5) is 3.79. The molecule has 0 radical (unpaired) electrons. The number of aromatic nitrogens is 1. The van der Waals surface area contributed by atoms with Crippen LogP contribution in [0.15, 0.2) is 95.5 Å². The summed E-state index contributed by atoms with van der Waals surface area (Å²) in [6, 6.07) is 29.5. The van der Waals surface area contributed by atoms with Crippen LogP contribution >= 0.6 is 11.3 Å². The van der Waals surface area contributed by atoms with Crippen molar-refractivity contribution in [3.63, 3.8) is 0 Å². The zero-order valence-corrected chi connectivity index (χ0v) is 20.7. The van der Waals surface area contributed by atoms with Crippen LogP contribution in [0, 0.1) is 13.5 Å². The number of furan rings is 1. The number of nitrogens with zero attached hydrogens (tertiary/aromatic N) is 2. The first-order valence-electron chi connectivity index (χ1n) is 11.9. The molecule has 0 unspecified atom stereocenters. The fourth-order valence-corrected chi connectivity index (χ4v) is 6.47. The molecule has 0 saturated heterocycles. The predicted molar refractivity (Wildman–Crippen MR) is 150 cm³/mol. The van der Waals surface area contributed by atoms with Crippen LogP contribution in [-0.4, -0.2) is 0 Å². The summed E-state index contributed by atoms with van der Waals surface area (Å²) in [6.45, 7) is 9.80. The molecule has 0 aliphatic carbocycles. The predicted octanol–water partition coefficient (Wildman–Crippen LogP) is 8.97. The van der Waals surface area contributed by atoms with Gasteiger partial charge in [0.2, 0.25) is 5.69 Å². The van der Waals surface area contributed by atoms with Gasteiger partial charge in [0, 0.05) is 43.3 Å². The summed E-state index contributed by atoms with van der Waals surface area (Å²) in [5.74, 6) is 0. The molecule has 7 aromatic rings. The summed E-state index contributed by atoms with van der Waals surface area (Å²) in [5, 5.41) is 4.40. The molecule has 3 nitrogen and oxygen atoms in total. The van der Waals surface area contributed by atoms with E-state index in [4.69, 9.17) is 11.0 Å². The highest BCUT2D eigenvalue weighted by Gasteiger charge is 2.21. The highest BCUT2D eigenvalue weighted by atomic mass is 32.1. The minimum atomic E-state index is 0.702. The van der Waals surface area contributed by atoms with Gasteiger partial charge in [0.05, 0.1) is 12.1 Å². The van der Waals surface area contributed by atoms with E-state index in [9.17, 15) is 0 Å². The average molecular weight is 482 g/mol. The summed E-state index contributed by atoms with van der Waals surface area (Å²) in [5.41, 5.74) is 8.09. The summed E-state index contributed by atoms with van der Waals surface area (Å²) >= 11 is 1.74. The Bertz CT molecular complexity index is 2040. The first kappa shape index (κ1) is 20.9. The zero-order chi connectivity index (χ0) is 24.4. The van der Waals surface area contributed by atoms with E-state index in [1.165, 1.54) is 10.3 Å². The molecule has 3 aromatic heterocycles. The van der Waals surface area contributed by atoms with E-state index in [2.05, 4.69) is 96.3 Å². The second-order valence-corrected chi connectivity index (χ2v) is 10.3. The third-order valence-electron chi connectivity index (χ3n) is 7.09. The normalized spacial score (nSPS) is 11.6. The average Bonchev–Trinajstić information content (AvgIpc) is 3.47. The van der Waals surface area contributed by atoms with Crippen LogP contribution in [-0.2, 0) is 7.05 Å². The van der Waals surface area contributed by atoms with Gasteiger partial charge in [0.25, 0.3) is 0 Å². The van der Waals surface area contributed by atoms with Crippen molar-refractivity contribution in [3.05, 3.63) is 108 Å². The first-order chi connectivity index (χ1) is 17.6. The van der Waals surface area contributed by atoms with Crippen molar-refractivity contribution < 1.29 is 8.98 Å². The SMILES string of the molecule is [C-]#[N+]c1cccc2sc3ccc(-c4cccc5c4oc4c(-c6cccc[n+]6C)c(C)ccc45)cc3c12. The third kappa shape index (κ3) is 2.94. The zero-order valence-electron chi connectivity index (χ0n) is 19.9. The van der Waals surface area contributed by atoms with E-state index in [-0.39, 0.29) is 0 Å². The third-order valence-corrected chi connectivity index (χ3v) is 8.23. The summed E-state index contributed by atoms with van der Waals surface area (Å²) < 4.78 is 11.2. The van der Waals surface area contributed by atoms with Gasteiger partial charge in [0.1, 0.15) is 18.2 Å². The molecule has 36 heavy (non-hydrogen) atoms. The van der Waals surface area contributed by atoms with Crippen LogP contribution in [0.5, 0.6) is 0 Å². The van der Waals surface area contributed by atoms with Crippen molar-refractivity contribution in [1.29, 1.82) is 0 Å². The fourth-order valence-electron chi connectivity index (χ4n) is 5.36. The molecule has 3 heterocycles. The van der Waals surface area contributed by atoms with Crippen LogP contribution in [0.3, 0.4) is 0 Å². The quantitative estimate of drug-likeness (QED) is 0.178. The first-order valence-corrected chi connectivity index (χ1v) is 12.7. The molecule has 7 rings (SSSR count). The number of aryl methyl sites for hydroxylation is 2. The fraction of sp³-hybridized carbons (Fsp3) is 0.0625. The molecule has 0 amide bonds. The van der Waals surface area contributed by atoms with Crippen molar-refractivity contribution in [1.82, 2.24) is 0 Å². The largest absolute Gasteiger partial charge is 0.454 e. The van der Waals surface area contributed by atoms with Gasteiger partial charge in [-0.05, 0) is 47.7 Å². The van der Waals surface area contributed by atoms with Crippen molar-refractivity contribution in [2.75, 3.05) is 0 Å². The molecule has 0 atom stereocenters. The van der Waals surface area contributed by atoms with E-state index in [1.807, 2.05) is 18.2 Å². The van der Waals surface area contributed by atoms with Crippen molar-refractivity contribution in [2.45, 2.75) is 6.92 Å². The van der Waals surface area contributed by atoms with Gasteiger partial charge in [0.15, 0.2) is 11.9 Å². The Kier molecular flexibility index (Phi) is 4.51. The lowest BCUT2D eigenvalue weighted by molar-refractivity contribution is -0.660. The van der Waals surface area contributed by atoms with E-state index < -0.39 is 0 Å². The van der Waals surface area contributed by atoms with Gasteiger partial charge >= 0.3 is 0 Å². The Balaban J connectivity index is 1.53. The second-order valence-electron chi connectivity index (χ2n) is 9.19. The van der Waals surface area contributed by atoms with Crippen LogP contribution in [0.25, 0.3) is 69.3 Å². The van der Waals surface area contributed by atoms with Crippen molar-refractivity contribution in [2.24, 2.45) is 7.05 Å². The van der Waals surface area contributed by atoms with Crippen LogP contribution < -0.4 is 4.57 Å². The Labute approximate surface area is 212 Å². The molecular formula is C32H21N2OS+. The molecule has 0 spiro atoms. The number of hydrogen-bond donors (Lipinski definition) is 0. The Morgan fingerprint density at radius 2 is 1.67 bits per heavy atom. The van der Waals surface area contributed by atoms with Gasteiger partial charge < -0.3 is 4.42 Å². The molecule has 4 aromatic carbocycles.